The summed E-state index contributed by atoms with van der Waals surface area (Å²) in [4.78, 5) is 4.50. The molecule has 0 spiro atoms. The Morgan fingerprint density at radius 3 is 3.10 bits per heavy atom. The molecule has 0 saturated heterocycles. The fraction of sp³-hybridized carbons (Fsp3) is 0.471. The quantitative estimate of drug-likeness (QED) is 0.923. The van der Waals surface area contributed by atoms with E-state index in [1.165, 1.54) is 41.6 Å². The highest BCUT2D eigenvalue weighted by Crippen LogP contribution is 2.30. The topological polar surface area (TPSA) is 29.9 Å². The molecule has 0 radical (unpaired) electrons. The fourth-order valence-corrected chi connectivity index (χ4v) is 3.15. The molecule has 1 N–H and O–H groups in total. The second-order valence-corrected chi connectivity index (χ2v) is 5.68. The Balaban J connectivity index is 1.84. The van der Waals surface area contributed by atoms with E-state index in [-0.39, 0.29) is 0 Å². The maximum Gasteiger partial charge on any atom is 0.0645 e. The van der Waals surface area contributed by atoms with Crippen LogP contribution in [0.1, 0.15) is 48.2 Å². The van der Waals surface area contributed by atoms with E-state index in [4.69, 9.17) is 0 Å². The van der Waals surface area contributed by atoms with E-state index >= 15 is 0 Å². The highest BCUT2D eigenvalue weighted by Gasteiger charge is 2.21. The van der Waals surface area contributed by atoms with Crippen molar-refractivity contribution in [2.24, 2.45) is 0 Å². The maximum atomic E-state index is 4.50. The number of rotatable bonds is 4. The molecule has 20 heavy (non-hydrogen) atoms. The fourth-order valence-electron chi connectivity index (χ4n) is 3.15. The predicted octanol–water partition coefficient (Wildman–Crippen LogP) is 3.23. The first-order valence-corrected chi connectivity index (χ1v) is 7.60. The zero-order valence-electron chi connectivity index (χ0n) is 12.4. The van der Waals surface area contributed by atoms with Crippen LogP contribution in [0.3, 0.4) is 0 Å². The van der Waals surface area contributed by atoms with Gasteiger partial charge in [0.25, 0.3) is 0 Å². The van der Waals surface area contributed by atoms with Crippen LogP contribution < -0.4 is 5.32 Å². The Kier molecular flexibility index (Phi) is 3.88. The van der Waals surface area contributed by atoms with Gasteiger partial charge in [0.2, 0.25) is 0 Å². The van der Waals surface area contributed by atoms with Gasteiger partial charge in [-0.1, -0.05) is 13.0 Å². The van der Waals surface area contributed by atoms with Crippen LogP contribution in [0, 0.1) is 6.92 Å². The normalized spacial score (nSPS) is 18.0. The number of nitrogens with zero attached hydrogens (tertiary/aromatic N) is 2. The SMILES string of the molecule is CCNC1CCCc2cn(Cc3ncccc3C)cc21. The molecule has 2 aromatic heterocycles. The standard InChI is InChI=1S/C17H23N3/c1-3-18-16-8-4-7-14-10-20(11-15(14)16)12-17-13(2)6-5-9-19-17/h5-6,9-11,16,18H,3-4,7-8,12H2,1-2H3. The Morgan fingerprint density at radius 2 is 2.30 bits per heavy atom. The molecule has 0 fully saturated rings. The second-order valence-electron chi connectivity index (χ2n) is 5.68. The summed E-state index contributed by atoms with van der Waals surface area (Å²) in [7, 11) is 0. The first kappa shape index (κ1) is 13.4. The molecular formula is C17H23N3. The van der Waals surface area contributed by atoms with Crippen molar-refractivity contribution in [3.8, 4) is 0 Å². The maximum absolute atomic E-state index is 4.50. The van der Waals surface area contributed by atoms with Gasteiger partial charge >= 0.3 is 0 Å². The molecule has 1 aliphatic rings. The van der Waals surface area contributed by atoms with Gasteiger partial charge in [0.1, 0.15) is 0 Å². The van der Waals surface area contributed by atoms with Crippen molar-refractivity contribution in [1.29, 1.82) is 0 Å². The number of aromatic nitrogens is 2. The zero-order chi connectivity index (χ0) is 13.9. The van der Waals surface area contributed by atoms with Gasteiger partial charge < -0.3 is 9.88 Å². The minimum atomic E-state index is 0.537. The first-order valence-electron chi connectivity index (χ1n) is 7.60. The molecule has 0 bridgehead atoms. The van der Waals surface area contributed by atoms with E-state index in [1.807, 2.05) is 12.3 Å². The van der Waals surface area contributed by atoms with Crippen molar-refractivity contribution in [2.45, 2.75) is 45.7 Å². The molecule has 3 rings (SSSR count). The minimum Gasteiger partial charge on any atom is -0.348 e. The Hall–Kier alpha value is -1.61. The molecule has 0 aliphatic heterocycles. The molecule has 3 heteroatoms. The van der Waals surface area contributed by atoms with Gasteiger partial charge in [-0.2, -0.15) is 0 Å². The number of fused-ring (bicyclic) bond motifs is 1. The molecule has 0 amide bonds. The molecule has 3 nitrogen and oxygen atoms in total. The molecule has 106 valence electrons. The Morgan fingerprint density at radius 1 is 1.40 bits per heavy atom. The summed E-state index contributed by atoms with van der Waals surface area (Å²) in [6.07, 6.45) is 10.3. The van der Waals surface area contributed by atoms with Gasteiger partial charge in [-0.3, -0.25) is 4.98 Å². The molecule has 0 aromatic carbocycles. The van der Waals surface area contributed by atoms with Gasteiger partial charge in [0.05, 0.1) is 12.2 Å². The van der Waals surface area contributed by atoms with Gasteiger partial charge in [0, 0.05) is 24.6 Å². The smallest absolute Gasteiger partial charge is 0.0645 e. The number of nitrogens with one attached hydrogen (secondary N) is 1. The van der Waals surface area contributed by atoms with Crippen molar-refractivity contribution in [1.82, 2.24) is 14.9 Å². The van der Waals surface area contributed by atoms with Crippen molar-refractivity contribution < 1.29 is 0 Å². The number of hydrogen-bond donors (Lipinski definition) is 1. The van der Waals surface area contributed by atoms with Crippen molar-refractivity contribution in [2.75, 3.05) is 6.54 Å². The summed E-state index contributed by atoms with van der Waals surface area (Å²) in [6.45, 7) is 6.23. The third kappa shape index (κ3) is 2.63. The second kappa shape index (κ2) is 5.80. The number of hydrogen-bond acceptors (Lipinski definition) is 2. The molecule has 1 atom stereocenters. The molecule has 2 heterocycles. The lowest BCUT2D eigenvalue weighted by molar-refractivity contribution is 0.473. The van der Waals surface area contributed by atoms with Crippen LogP contribution in [0.25, 0.3) is 0 Å². The van der Waals surface area contributed by atoms with E-state index in [2.05, 4.69) is 47.2 Å². The van der Waals surface area contributed by atoms with Crippen molar-refractivity contribution >= 4 is 0 Å². The minimum absolute atomic E-state index is 0.537. The highest BCUT2D eigenvalue weighted by molar-refractivity contribution is 5.31. The van der Waals surface area contributed by atoms with E-state index in [0.717, 1.165) is 13.1 Å². The Labute approximate surface area is 121 Å². The van der Waals surface area contributed by atoms with Gasteiger partial charge in [-0.05, 0) is 55.5 Å². The third-order valence-corrected chi connectivity index (χ3v) is 4.21. The van der Waals surface area contributed by atoms with Gasteiger partial charge in [-0.25, -0.2) is 0 Å². The predicted molar refractivity (Wildman–Crippen MR) is 81.9 cm³/mol. The van der Waals surface area contributed by atoms with Gasteiger partial charge in [-0.15, -0.1) is 0 Å². The summed E-state index contributed by atoms with van der Waals surface area (Å²) in [5.74, 6) is 0. The summed E-state index contributed by atoms with van der Waals surface area (Å²) in [6, 6.07) is 4.67. The van der Waals surface area contributed by atoms with Gasteiger partial charge in [0.15, 0.2) is 0 Å². The van der Waals surface area contributed by atoms with E-state index in [1.54, 1.807) is 0 Å². The Bertz CT molecular complexity index is 586. The van der Waals surface area contributed by atoms with Crippen molar-refractivity contribution in [3.05, 3.63) is 53.1 Å². The molecule has 2 aromatic rings. The zero-order valence-corrected chi connectivity index (χ0v) is 12.4. The summed E-state index contributed by atoms with van der Waals surface area (Å²) >= 11 is 0. The first-order chi connectivity index (χ1) is 9.78. The van der Waals surface area contributed by atoms with Crippen LogP contribution in [0.4, 0.5) is 0 Å². The van der Waals surface area contributed by atoms with Crippen molar-refractivity contribution in [3.63, 3.8) is 0 Å². The lowest BCUT2D eigenvalue weighted by Gasteiger charge is -2.22. The van der Waals surface area contributed by atoms with Crippen LogP contribution in [0.2, 0.25) is 0 Å². The number of pyridine rings is 1. The van der Waals surface area contributed by atoms with Crippen LogP contribution in [-0.2, 0) is 13.0 Å². The molecular weight excluding hydrogens is 246 g/mol. The van der Waals surface area contributed by atoms with Crippen LogP contribution in [0.15, 0.2) is 30.7 Å². The van der Waals surface area contributed by atoms with E-state index in [9.17, 15) is 0 Å². The number of aryl methyl sites for hydroxylation is 2. The lowest BCUT2D eigenvalue weighted by atomic mass is 9.91. The van der Waals surface area contributed by atoms with Crippen LogP contribution >= 0.6 is 0 Å². The van der Waals surface area contributed by atoms with E-state index in [0.29, 0.717) is 6.04 Å². The summed E-state index contributed by atoms with van der Waals surface area (Å²) < 4.78 is 2.30. The van der Waals surface area contributed by atoms with Crippen LogP contribution in [-0.4, -0.2) is 16.1 Å². The average Bonchev–Trinajstić information content (AvgIpc) is 2.85. The highest BCUT2D eigenvalue weighted by atomic mass is 15.0. The third-order valence-electron chi connectivity index (χ3n) is 4.21. The summed E-state index contributed by atoms with van der Waals surface area (Å²) in [5.41, 5.74) is 5.43. The largest absolute Gasteiger partial charge is 0.348 e. The average molecular weight is 269 g/mol. The lowest BCUT2D eigenvalue weighted by Crippen LogP contribution is -2.23. The molecule has 1 aliphatic carbocycles. The monoisotopic (exact) mass is 269 g/mol. The molecule has 0 saturated carbocycles. The van der Waals surface area contributed by atoms with Crippen LogP contribution in [0.5, 0.6) is 0 Å². The van der Waals surface area contributed by atoms with E-state index < -0.39 is 0 Å². The molecule has 1 unspecified atom stereocenters. The summed E-state index contributed by atoms with van der Waals surface area (Å²) in [5, 5.41) is 3.60.